The van der Waals surface area contributed by atoms with Gasteiger partial charge < -0.3 is 9.73 Å². The van der Waals surface area contributed by atoms with E-state index in [0.717, 1.165) is 22.2 Å². The molecule has 0 aliphatic carbocycles. The number of anilines is 1. The summed E-state index contributed by atoms with van der Waals surface area (Å²) < 4.78 is 5.15. The minimum Gasteiger partial charge on any atom is -0.465 e. The first-order chi connectivity index (χ1) is 12.5. The van der Waals surface area contributed by atoms with Gasteiger partial charge in [-0.15, -0.1) is 0 Å². The van der Waals surface area contributed by atoms with Crippen molar-refractivity contribution in [2.75, 3.05) is 11.9 Å². The zero-order chi connectivity index (χ0) is 18.5. The number of hydrogen-bond donors (Lipinski definition) is 1. The Morgan fingerprint density at radius 2 is 2.00 bits per heavy atom. The molecule has 2 aromatic rings. The third kappa shape index (κ3) is 4.31. The molecular formula is C19H16N2O4S. The lowest BCUT2D eigenvalue weighted by Gasteiger charge is -2.12. The lowest BCUT2D eigenvalue weighted by atomic mass is 10.2. The Balaban J connectivity index is 1.61. The fraction of sp³-hybridized carbons (Fsp3) is 0.105. The van der Waals surface area contributed by atoms with Gasteiger partial charge in [-0.1, -0.05) is 23.8 Å². The van der Waals surface area contributed by atoms with Crippen LogP contribution in [0.2, 0.25) is 0 Å². The van der Waals surface area contributed by atoms with E-state index in [2.05, 4.69) is 5.32 Å². The predicted molar refractivity (Wildman–Crippen MR) is 100 cm³/mol. The number of nitrogens with one attached hydrogen (secondary N) is 1. The highest BCUT2D eigenvalue weighted by atomic mass is 32.2. The van der Waals surface area contributed by atoms with Gasteiger partial charge in [-0.25, -0.2) is 0 Å². The van der Waals surface area contributed by atoms with Crippen LogP contribution in [0.1, 0.15) is 11.3 Å². The summed E-state index contributed by atoms with van der Waals surface area (Å²) in [5.41, 5.74) is 1.69. The van der Waals surface area contributed by atoms with Crippen molar-refractivity contribution in [2.24, 2.45) is 0 Å². The normalized spacial score (nSPS) is 16.0. The second-order valence-electron chi connectivity index (χ2n) is 5.58. The van der Waals surface area contributed by atoms with Gasteiger partial charge in [0.25, 0.3) is 11.1 Å². The summed E-state index contributed by atoms with van der Waals surface area (Å²) in [4.78, 5) is 37.6. The summed E-state index contributed by atoms with van der Waals surface area (Å²) in [6, 6.07) is 10.8. The summed E-state index contributed by atoms with van der Waals surface area (Å²) in [5.74, 6) is -0.273. The summed E-state index contributed by atoms with van der Waals surface area (Å²) in [6.07, 6.45) is 6.38. The van der Waals surface area contributed by atoms with Gasteiger partial charge in [-0.2, -0.15) is 0 Å². The van der Waals surface area contributed by atoms with E-state index in [0.29, 0.717) is 11.4 Å². The molecule has 3 amide bonds. The van der Waals surface area contributed by atoms with E-state index in [1.165, 1.54) is 6.08 Å². The van der Waals surface area contributed by atoms with Crippen LogP contribution < -0.4 is 5.32 Å². The first-order valence-electron chi connectivity index (χ1n) is 7.85. The van der Waals surface area contributed by atoms with Crippen molar-refractivity contribution >= 4 is 40.6 Å². The maximum Gasteiger partial charge on any atom is 0.294 e. The molecule has 7 heteroatoms. The molecule has 132 valence electrons. The van der Waals surface area contributed by atoms with Crippen molar-refractivity contribution < 1.29 is 18.8 Å². The second kappa shape index (κ2) is 7.88. The highest BCUT2D eigenvalue weighted by molar-refractivity contribution is 8.18. The van der Waals surface area contributed by atoms with Gasteiger partial charge in [0.05, 0.1) is 11.2 Å². The predicted octanol–water partition coefficient (Wildman–Crippen LogP) is 3.82. The summed E-state index contributed by atoms with van der Waals surface area (Å²) in [7, 11) is 0. The van der Waals surface area contributed by atoms with E-state index in [1.54, 1.807) is 42.7 Å². The fourth-order valence-electron chi connectivity index (χ4n) is 2.25. The zero-order valence-corrected chi connectivity index (χ0v) is 14.8. The van der Waals surface area contributed by atoms with E-state index in [4.69, 9.17) is 4.42 Å². The number of nitrogens with zero attached hydrogens (tertiary/aromatic N) is 1. The summed E-state index contributed by atoms with van der Waals surface area (Å²) in [6.45, 7) is 1.62. The van der Waals surface area contributed by atoms with E-state index < -0.39 is 17.1 Å². The lowest BCUT2D eigenvalue weighted by Crippen LogP contribution is -2.36. The topological polar surface area (TPSA) is 79.6 Å². The van der Waals surface area contributed by atoms with Crippen molar-refractivity contribution in [3.63, 3.8) is 0 Å². The van der Waals surface area contributed by atoms with E-state index in [9.17, 15) is 14.4 Å². The van der Waals surface area contributed by atoms with Gasteiger partial charge in [0.15, 0.2) is 0 Å². The molecular weight excluding hydrogens is 352 g/mol. The molecule has 1 aliphatic heterocycles. The average molecular weight is 368 g/mol. The average Bonchev–Trinajstić information content (AvgIpc) is 3.21. The van der Waals surface area contributed by atoms with Gasteiger partial charge in [0, 0.05) is 5.69 Å². The van der Waals surface area contributed by atoms with Crippen LogP contribution in [0.4, 0.5) is 10.5 Å². The maximum absolute atomic E-state index is 12.3. The third-order valence-corrected chi connectivity index (χ3v) is 4.49. The molecule has 0 bridgehead atoms. The number of hydrogen-bond acceptors (Lipinski definition) is 5. The Labute approximate surface area is 154 Å². The molecule has 2 heterocycles. The first kappa shape index (κ1) is 17.8. The van der Waals surface area contributed by atoms with Gasteiger partial charge in [0.2, 0.25) is 5.91 Å². The number of furan rings is 1. The lowest BCUT2D eigenvalue weighted by molar-refractivity contribution is -0.127. The molecule has 0 radical (unpaired) electrons. The monoisotopic (exact) mass is 368 g/mol. The number of aryl methyl sites for hydroxylation is 1. The Morgan fingerprint density at radius 1 is 1.23 bits per heavy atom. The quantitative estimate of drug-likeness (QED) is 0.812. The van der Waals surface area contributed by atoms with Crippen molar-refractivity contribution in [2.45, 2.75) is 6.92 Å². The number of benzene rings is 1. The van der Waals surface area contributed by atoms with Crippen molar-refractivity contribution in [3.8, 4) is 0 Å². The van der Waals surface area contributed by atoms with Gasteiger partial charge >= 0.3 is 0 Å². The second-order valence-corrected chi connectivity index (χ2v) is 6.57. The van der Waals surface area contributed by atoms with E-state index >= 15 is 0 Å². The molecule has 0 saturated carbocycles. The molecule has 1 saturated heterocycles. The Bertz CT molecular complexity index is 883. The summed E-state index contributed by atoms with van der Waals surface area (Å²) in [5, 5.41) is 2.21. The van der Waals surface area contributed by atoms with Gasteiger partial charge in [-0.05, 0) is 55.1 Å². The van der Waals surface area contributed by atoms with Gasteiger partial charge in [-0.3, -0.25) is 19.3 Å². The van der Waals surface area contributed by atoms with Crippen LogP contribution in [-0.4, -0.2) is 28.5 Å². The summed E-state index contributed by atoms with van der Waals surface area (Å²) >= 11 is 0.806. The molecule has 26 heavy (non-hydrogen) atoms. The standard InChI is InChI=1S/C19H16N2O4S/c1-13-7-9-14(10-8-13)20-17(22)12-21-18(23)16(26-19(21)24)6-2-4-15-5-3-11-25-15/h2-11H,12H2,1H3,(H,20,22)/b4-2-,16-6+. The van der Waals surface area contributed by atoms with Crippen LogP contribution in [-0.2, 0) is 9.59 Å². The molecule has 1 N–H and O–H groups in total. The van der Waals surface area contributed by atoms with Crippen molar-refractivity contribution in [1.29, 1.82) is 0 Å². The maximum atomic E-state index is 12.3. The van der Waals surface area contributed by atoms with Crippen molar-refractivity contribution in [3.05, 3.63) is 71.0 Å². The van der Waals surface area contributed by atoms with Crippen molar-refractivity contribution in [1.82, 2.24) is 4.90 Å². The van der Waals surface area contributed by atoms with Crippen LogP contribution in [0.15, 0.2) is 64.1 Å². The minimum atomic E-state index is -0.483. The highest BCUT2D eigenvalue weighted by Gasteiger charge is 2.35. The largest absolute Gasteiger partial charge is 0.465 e. The number of thioether (sulfide) groups is 1. The molecule has 0 unspecified atom stereocenters. The van der Waals surface area contributed by atoms with Crippen LogP contribution >= 0.6 is 11.8 Å². The smallest absolute Gasteiger partial charge is 0.294 e. The van der Waals surface area contributed by atoms with Crippen LogP contribution in [0, 0.1) is 6.92 Å². The Hall–Kier alpha value is -3.06. The minimum absolute atomic E-state index is 0.265. The molecule has 6 nitrogen and oxygen atoms in total. The van der Waals surface area contributed by atoms with Crippen LogP contribution in [0.25, 0.3) is 6.08 Å². The van der Waals surface area contributed by atoms with E-state index in [1.807, 2.05) is 19.1 Å². The fourth-order valence-corrected chi connectivity index (χ4v) is 3.04. The van der Waals surface area contributed by atoms with Crippen LogP contribution in [0.5, 0.6) is 0 Å². The molecule has 1 aromatic heterocycles. The molecule has 1 fully saturated rings. The third-order valence-electron chi connectivity index (χ3n) is 3.56. The number of carbonyl (C=O) groups is 3. The number of amides is 3. The molecule has 1 aliphatic rings. The number of rotatable bonds is 5. The SMILES string of the molecule is Cc1ccc(NC(=O)CN2C(=O)S/C(=C/C=C\c3ccco3)C2=O)cc1. The number of imide groups is 1. The highest BCUT2D eigenvalue weighted by Crippen LogP contribution is 2.30. The molecule has 0 spiro atoms. The Kier molecular flexibility index (Phi) is 5.38. The van der Waals surface area contributed by atoms with Crippen LogP contribution in [0.3, 0.4) is 0 Å². The molecule has 3 rings (SSSR count). The zero-order valence-electron chi connectivity index (χ0n) is 14.0. The first-order valence-corrected chi connectivity index (χ1v) is 8.66. The number of allylic oxidation sites excluding steroid dienone is 2. The number of carbonyl (C=O) groups excluding carboxylic acids is 3. The Morgan fingerprint density at radius 3 is 2.69 bits per heavy atom. The van der Waals surface area contributed by atoms with E-state index in [-0.39, 0.29) is 11.4 Å². The molecule has 0 atom stereocenters. The van der Waals surface area contributed by atoms with Gasteiger partial charge in [0.1, 0.15) is 12.3 Å². The molecule has 1 aromatic carbocycles.